The van der Waals surface area contributed by atoms with Crippen molar-refractivity contribution < 1.29 is 9.59 Å². The van der Waals surface area contributed by atoms with Crippen molar-refractivity contribution >= 4 is 28.2 Å². The fraction of sp³-hybridized carbons (Fsp3) is 0.182. The van der Waals surface area contributed by atoms with E-state index in [-0.39, 0.29) is 11.8 Å². The first-order valence-electron chi connectivity index (χ1n) is 8.76. The van der Waals surface area contributed by atoms with Crippen LogP contribution in [0.5, 0.6) is 0 Å². The SMILES string of the molecule is CNC(=O)c1c(NC(=O)c2ccc(Cc3ccccc3)cc2)sc(C)c1C. The van der Waals surface area contributed by atoms with E-state index in [4.69, 9.17) is 0 Å². The number of amides is 2. The number of carbonyl (C=O) groups is 2. The second-order valence-corrected chi connectivity index (χ2v) is 7.60. The Hall–Kier alpha value is -2.92. The molecule has 2 N–H and O–H groups in total. The first kappa shape index (κ1) is 18.9. The van der Waals surface area contributed by atoms with Gasteiger partial charge in [0.2, 0.25) is 0 Å². The molecule has 27 heavy (non-hydrogen) atoms. The third-order valence-corrected chi connectivity index (χ3v) is 5.66. The fourth-order valence-electron chi connectivity index (χ4n) is 2.89. The lowest BCUT2D eigenvalue weighted by Crippen LogP contribution is -2.21. The summed E-state index contributed by atoms with van der Waals surface area (Å²) >= 11 is 1.42. The zero-order chi connectivity index (χ0) is 19.4. The molecule has 5 heteroatoms. The van der Waals surface area contributed by atoms with E-state index >= 15 is 0 Å². The number of aryl methyl sites for hydroxylation is 1. The molecule has 0 bridgehead atoms. The van der Waals surface area contributed by atoms with Crippen LogP contribution in [0.3, 0.4) is 0 Å². The van der Waals surface area contributed by atoms with Gasteiger partial charge in [-0.1, -0.05) is 42.5 Å². The van der Waals surface area contributed by atoms with Gasteiger partial charge in [0, 0.05) is 17.5 Å². The molecule has 1 heterocycles. The largest absolute Gasteiger partial charge is 0.355 e. The minimum absolute atomic E-state index is 0.189. The molecule has 4 nitrogen and oxygen atoms in total. The summed E-state index contributed by atoms with van der Waals surface area (Å²) in [6, 6.07) is 17.8. The Morgan fingerprint density at radius 1 is 0.889 bits per heavy atom. The molecule has 0 spiro atoms. The second-order valence-electron chi connectivity index (χ2n) is 6.38. The maximum atomic E-state index is 12.6. The molecule has 2 aromatic carbocycles. The normalized spacial score (nSPS) is 10.5. The van der Waals surface area contributed by atoms with Crippen LogP contribution in [0.1, 0.15) is 42.3 Å². The molecule has 0 saturated heterocycles. The van der Waals surface area contributed by atoms with Gasteiger partial charge in [0.25, 0.3) is 11.8 Å². The summed E-state index contributed by atoms with van der Waals surface area (Å²) in [5.41, 5.74) is 4.38. The highest BCUT2D eigenvalue weighted by Crippen LogP contribution is 2.32. The van der Waals surface area contributed by atoms with Crippen molar-refractivity contribution in [1.29, 1.82) is 0 Å². The average molecular weight is 378 g/mol. The zero-order valence-electron chi connectivity index (χ0n) is 15.6. The van der Waals surface area contributed by atoms with E-state index in [0.29, 0.717) is 16.1 Å². The van der Waals surface area contributed by atoms with Crippen LogP contribution in [0, 0.1) is 13.8 Å². The fourth-order valence-corrected chi connectivity index (χ4v) is 3.95. The molecule has 0 aliphatic heterocycles. The molecule has 3 aromatic rings. The van der Waals surface area contributed by atoms with E-state index in [1.807, 2.05) is 56.3 Å². The molecule has 0 saturated carbocycles. The Labute approximate surface area is 163 Å². The van der Waals surface area contributed by atoms with Gasteiger partial charge in [-0.3, -0.25) is 9.59 Å². The van der Waals surface area contributed by atoms with Crippen molar-refractivity contribution in [3.05, 3.63) is 87.3 Å². The predicted molar refractivity (Wildman–Crippen MR) is 111 cm³/mol. The molecule has 0 aliphatic carbocycles. The topological polar surface area (TPSA) is 58.2 Å². The number of thiophene rings is 1. The summed E-state index contributed by atoms with van der Waals surface area (Å²) in [5, 5.41) is 6.11. The molecule has 0 atom stereocenters. The highest BCUT2D eigenvalue weighted by Gasteiger charge is 2.20. The van der Waals surface area contributed by atoms with Crippen LogP contribution in [0.25, 0.3) is 0 Å². The van der Waals surface area contributed by atoms with Gasteiger partial charge in [-0.15, -0.1) is 11.3 Å². The van der Waals surface area contributed by atoms with Crippen LogP contribution >= 0.6 is 11.3 Å². The van der Waals surface area contributed by atoms with E-state index in [1.54, 1.807) is 7.05 Å². The van der Waals surface area contributed by atoms with Crippen molar-refractivity contribution in [2.45, 2.75) is 20.3 Å². The lowest BCUT2D eigenvalue weighted by atomic mass is 10.0. The maximum absolute atomic E-state index is 12.6. The molecule has 0 aliphatic rings. The van der Waals surface area contributed by atoms with Gasteiger partial charge in [0.15, 0.2) is 0 Å². The third kappa shape index (κ3) is 4.26. The molecule has 2 amide bonds. The van der Waals surface area contributed by atoms with Gasteiger partial charge in [0.1, 0.15) is 5.00 Å². The van der Waals surface area contributed by atoms with E-state index in [1.165, 1.54) is 16.9 Å². The third-order valence-electron chi connectivity index (χ3n) is 4.53. The van der Waals surface area contributed by atoms with Crippen LogP contribution < -0.4 is 10.6 Å². The average Bonchev–Trinajstić information content (AvgIpc) is 2.96. The van der Waals surface area contributed by atoms with E-state index in [2.05, 4.69) is 22.8 Å². The summed E-state index contributed by atoms with van der Waals surface area (Å²) < 4.78 is 0. The van der Waals surface area contributed by atoms with Gasteiger partial charge in [-0.05, 0) is 49.1 Å². The van der Waals surface area contributed by atoms with E-state index in [9.17, 15) is 9.59 Å². The van der Waals surface area contributed by atoms with Crippen LogP contribution in [0.4, 0.5) is 5.00 Å². The van der Waals surface area contributed by atoms with Gasteiger partial charge in [-0.2, -0.15) is 0 Å². The van der Waals surface area contributed by atoms with Gasteiger partial charge >= 0.3 is 0 Å². The van der Waals surface area contributed by atoms with Crippen LogP contribution in [0.15, 0.2) is 54.6 Å². The minimum Gasteiger partial charge on any atom is -0.355 e. The number of hydrogen-bond donors (Lipinski definition) is 2. The molecular weight excluding hydrogens is 356 g/mol. The number of carbonyl (C=O) groups excluding carboxylic acids is 2. The molecule has 0 radical (unpaired) electrons. The van der Waals surface area contributed by atoms with Crippen molar-refractivity contribution in [1.82, 2.24) is 5.32 Å². The summed E-state index contributed by atoms with van der Waals surface area (Å²) in [5.74, 6) is -0.405. The number of anilines is 1. The molecule has 1 aromatic heterocycles. The Morgan fingerprint density at radius 2 is 1.52 bits per heavy atom. The van der Waals surface area contributed by atoms with Crippen molar-refractivity contribution in [2.75, 3.05) is 12.4 Å². The zero-order valence-corrected chi connectivity index (χ0v) is 16.4. The first-order valence-corrected chi connectivity index (χ1v) is 9.57. The Bertz CT molecular complexity index is 960. The summed E-state index contributed by atoms with van der Waals surface area (Å²) in [6.07, 6.45) is 0.826. The highest BCUT2D eigenvalue weighted by atomic mass is 32.1. The maximum Gasteiger partial charge on any atom is 0.256 e. The molecule has 0 unspecified atom stereocenters. The van der Waals surface area contributed by atoms with E-state index < -0.39 is 0 Å². The second kappa shape index (κ2) is 8.18. The number of nitrogens with one attached hydrogen (secondary N) is 2. The van der Waals surface area contributed by atoms with Crippen LogP contribution in [0.2, 0.25) is 0 Å². The van der Waals surface area contributed by atoms with Crippen LogP contribution in [-0.2, 0) is 6.42 Å². The van der Waals surface area contributed by atoms with Crippen molar-refractivity contribution in [3.63, 3.8) is 0 Å². The Kier molecular flexibility index (Phi) is 5.72. The quantitative estimate of drug-likeness (QED) is 0.683. The number of benzene rings is 2. The van der Waals surface area contributed by atoms with E-state index in [0.717, 1.165) is 22.4 Å². The summed E-state index contributed by atoms with van der Waals surface area (Å²) in [6.45, 7) is 3.84. The standard InChI is InChI=1S/C22H22N2O2S/c1-14-15(2)27-22(19(14)21(26)23-3)24-20(25)18-11-9-17(10-12-18)13-16-7-5-4-6-8-16/h4-12H,13H2,1-3H3,(H,23,26)(H,24,25). The number of rotatable bonds is 5. The predicted octanol–water partition coefficient (Wildman–Crippen LogP) is 4.57. The molecule has 0 fully saturated rings. The first-order chi connectivity index (χ1) is 13.0. The Balaban J connectivity index is 1.75. The molecule has 138 valence electrons. The summed E-state index contributed by atoms with van der Waals surface area (Å²) in [7, 11) is 1.59. The lowest BCUT2D eigenvalue weighted by Gasteiger charge is -2.08. The highest BCUT2D eigenvalue weighted by molar-refractivity contribution is 7.16. The monoisotopic (exact) mass is 378 g/mol. The Morgan fingerprint density at radius 3 is 2.15 bits per heavy atom. The van der Waals surface area contributed by atoms with Crippen molar-refractivity contribution in [3.8, 4) is 0 Å². The molecular formula is C22H22N2O2S. The smallest absolute Gasteiger partial charge is 0.256 e. The number of hydrogen-bond acceptors (Lipinski definition) is 3. The minimum atomic E-state index is -0.215. The van der Waals surface area contributed by atoms with Gasteiger partial charge in [0.05, 0.1) is 5.56 Å². The summed E-state index contributed by atoms with van der Waals surface area (Å²) in [4.78, 5) is 25.8. The van der Waals surface area contributed by atoms with Crippen molar-refractivity contribution in [2.24, 2.45) is 0 Å². The molecule has 3 rings (SSSR count). The lowest BCUT2D eigenvalue weighted by molar-refractivity contribution is 0.0963. The van der Waals surface area contributed by atoms with Crippen LogP contribution in [-0.4, -0.2) is 18.9 Å². The van der Waals surface area contributed by atoms with Gasteiger partial charge < -0.3 is 10.6 Å². The van der Waals surface area contributed by atoms with Gasteiger partial charge in [-0.25, -0.2) is 0 Å².